The van der Waals surface area contributed by atoms with Crippen LogP contribution in [-0.2, 0) is 0 Å². The number of allylic oxidation sites excluding steroid dienone is 2. The average molecular weight is 203 g/mol. The number of fused-ring (bicyclic) bond motifs is 3. The predicted molar refractivity (Wildman–Crippen MR) is 63.7 cm³/mol. The molecule has 4 atom stereocenters. The molecular formula is C14H21N. The van der Waals surface area contributed by atoms with E-state index in [0.29, 0.717) is 6.04 Å². The molecule has 82 valence electrons. The monoisotopic (exact) mass is 203 g/mol. The Bertz CT molecular complexity index is 272. The highest BCUT2D eigenvalue weighted by Gasteiger charge is 2.46. The van der Waals surface area contributed by atoms with E-state index in [9.17, 15) is 0 Å². The lowest BCUT2D eigenvalue weighted by atomic mass is 9.77. The Kier molecular flexibility index (Phi) is 2.44. The van der Waals surface area contributed by atoms with Gasteiger partial charge < -0.3 is 0 Å². The van der Waals surface area contributed by atoms with Gasteiger partial charge in [0, 0.05) is 18.0 Å². The first-order chi connectivity index (χ1) is 7.42. The van der Waals surface area contributed by atoms with Crippen LogP contribution in [0, 0.1) is 11.8 Å². The minimum Gasteiger partial charge on any atom is -0.293 e. The van der Waals surface area contributed by atoms with Gasteiger partial charge in [0.05, 0.1) is 0 Å². The predicted octanol–water partition coefficient (Wildman–Crippen LogP) is 2.99. The molecule has 0 aromatic heterocycles. The van der Waals surface area contributed by atoms with E-state index in [2.05, 4.69) is 36.1 Å². The van der Waals surface area contributed by atoms with Crippen LogP contribution in [0.3, 0.4) is 0 Å². The summed E-state index contributed by atoms with van der Waals surface area (Å²) in [6.07, 6.45) is 15.2. The van der Waals surface area contributed by atoms with E-state index in [1.54, 1.807) is 0 Å². The van der Waals surface area contributed by atoms with Gasteiger partial charge in [0.25, 0.3) is 0 Å². The molecule has 1 saturated carbocycles. The Hall–Kier alpha value is -0.560. The van der Waals surface area contributed by atoms with Crippen LogP contribution in [0.4, 0.5) is 0 Å². The van der Waals surface area contributed by atoms with Crippen molar-refractivity contribution >= 4 is 0 Å². The molecule has 4 unspecified atom stereocenters. The van der Waals surface area contributed by atoms with Gasteiger partial charge in [-0.1, -0.05) is 44.1 Å². The molecule has 0 aromatic rings. The van der Waals surface area contributed by atoms with E-state index in [1.807, 2.05) is 0 Å². The first-order valence-electron chi connectivity index (χ1n) is 6.52. The highest BCUT2D eigenvalue weighted by atomic mass is 15.2. The van der Waals surface area contributed by atoms with Crippen molar-refractivity contribution in [3.05, 3.63) is 24.3 Å². The summed E-state index contributed by atoms with van der Waals surface area (Å²) in [6.45, 7) is 3.54. The molecule has 0 spiro atoms. The molecular weight excluding hydrogens is 182 g/mol. The summed E-state index contributed by atoms with van der Waals surface area (Å²) >= 11 is 0. The summed E-state index contributed by atoms with van der Waals surface area (Å²) < 4.78 is 0. The molecule has 0 aromatic carbocycles. The minimum atomic E-state index is 0.716. The standard InChI is InChI=1S/C14H21N/c1-2-15-13-9-5-3-7-11(13)12-8-4-6-10-14(12)15/h3,5,7,9,11-14H,2,4,6,8,10H2,1H3. The van der Waals surface area contributed by atoms with Crippen LogP contribution < -0.4 is 0 Å². The third kappa shape index (κ3) is 1.40. The highest BCUT2D eigenvalue weighted by Crippen LogP contribution is 2.45. The first-order valence-corrected chi connectivity index (χ1v) is 6.52. The fraction of sp³-hybridized carbons (Fsp3) is 0.714. The summed E-state index contributed by atoms with van der Waals surface area (Å²) in [5.74, 6) is 1.77. The normalized spacial score (nSPS) is 44.1. The van der Waals surface area contributed by atoms with E-state index in [-0.39, 0.29) is 0 Å². The van der Waals surface area contributed by atoms with Crippen molar-refractivity contribution < 1.29 is 0 Å². The summed E-state index contributed by atoms with van der Waals surface area (Å²) in [5.41, 5.74) is 0. The second-order valence-corrected chi connectivity index (χ2v) is 5.18. The number of likely N-dealkylation sites (N-methyl/N-ethyl adjacent to an activating group) is 1. The van der Waals surface area contributed by atoms with E-state index in [4.69, 9.17) is 0 Å². The van der Waals surface area contributed by atoms with Gasteiger partial charge in [0.2, 0.25) is 0 Å². The van der Waals surface area contributed by atoms with E-state index in [1.165, 1.54) is 32.2 Å². The van der Waals surface area contributed by atoms with Crippen LogP contribution >= 0.6 is 0 Å². The van der Waals surface area contributed by atoms with Gasteiger partial charge in [-0.3, -0.25) is 4.90 Å². The van der Waals surface area contributed by atoms with Crippen molar-refractivity contribution in [2.24, 2.45) is 11.8 Å². The molecule has 1 saturated heterocycles. The fourth-order valence-corrected chi connectivity index (χ4v) is 4.01. The molecule has 2 fully saturated rings. The summed E-state index contributed by atoms with van der Waals surface area (Å²) in [6, 6.07) is 1.60. The number of hydrogen-bond acceptors (Lipinski definition) is 1. The maximum Gasteiger partial charge on any atom is 0.0350 e. The van der Waals surface area contributed by atoms with Gasteiger partial charge in [-0.2, -0.15) is 0 Å². The highest BCUT2D eigenvalue weighted by molar-refractivity contribution is 5.23. The third-order valence-corrected chi connectivity index (χ3v) is 4.60. The van der Waals surface area contributed by atoms with Gasteiger partial charge in [0.1, 0.15) is 0 Å². The summed E-state index contributed by atoms with van der Waals surface area (Å²) in [5, 5.41) is 0. The van der Waals surface area contributed by atoms with Crippen LogP contribution in [0.1, 0.15) is 32.6 Å². The lowest BCUT2D eigenvalue weighted by Gasteiger charge is -2.32. The quantitative estimate of drug-likeness (QED) is 0.633. The topological polar surface area (TPSA) is 3.24 Å². The molecule has 1 aliphatic heterocycles. The van der Waals surface area contributed by atoms with Gasteiger partial charge in [0.15, 0.2) is 0 Å². The summed E-state index contributed by atoms with van der Waals surface area (Å²) in [7, 11) is 0. The molecule has 15 heavy (non-hydrogen) atoms. The third-order valence-electron chi connectivity index (χ3n) is 4.60. The van der Waals surface area contributed by atoms with Crippen LogP contribution in [-0.4, -0.2) is 23.5 Å². The van der Waals surface area contributed by atoms with Gasteiger partial charge in [-0.05, 0) is 25.3 Å². The molecule has 0 N–H and O–H groups in total. The zero-order valence-corrected chi connectivity index (χ0v) is 9.60. The Balaban J connectivity index is 1.91. The molecule has 0 bridgehead atoms. The lowest BCUT2D eigenvalue weighted by Crippen LogP contribution is -2.38. The number of hydrogen-bond donors (Lipinski definition) is 0. The van der Waals surface area contributed by atoms with E-state index < -0.39 is 0 Å². The van der Waals surface area contributed by atoms with Gasteiger partial charge in [-0.25, -0.2) is 0 Å². The van der Waals surface area contributed by atoms with Crippen LogP contribution in [0.2, 0.25) is 0 Å². The van der Waals surface area contributed by atoms with Gasteiger partial charge >= 0.3 is 0 Å². The number of nitrogens with zero attached hydrogens (tertiary/aromatic N) is 1. The van der Waals surface area contributed by atoms with E-state index >= 15 is 0 Å². The first kappa shape index (κ1) is 9.65. The van der Waals surface area contributed by atoms with Crippen molar-refractivity contribution in [1.82, 2.24) is 4.90 Å². The van der Waals surface area contributed by atoms with Crippen molar-refractivity contribution in [3.8, 4) is 0 Å². The maximum absolute atomic E-state index is 2.74. The van der Waals surface area contributed by atoms with Gasteiger partial charge in [-0.15, -0.1) is 0 Å². The van der Waals surface area contributed by atoms with Crippen LogP contribution in [0.15, 0.2) is 24.3 Å². The molecule has 1 nitrogen and oxygen atoms in total. The number of rotatable bonds is 1. The molecule has 2 aliphatic carbocycles. The van der Waals surface area contributed by atoms with E-state index in [0.717, 1.165) is 17.9 Å². The van der Waals surface area contributed by atoms with Crippen molar-refractivity contribution in [2.45, 2.75) is 44.7 Å². The average Bonchev–Trinajstić information content (AvgIpc) is 2.63. The zero-order valence-electron chi connectivity index (χ0n) is 9.60. The summed E-state index contributed by atoms with van der Waals surface area (Å²) in [4.78, 5) is 2.74. The second kappa shape index (κ2) is 3.79. The number of likely N-dealkylation sites (tertiary alicyclic amines) is 1. The second-order valence-electron chi connectivity index (χ2n) is 5.18. The zero-order chi connectivity index (χ0) is 10.3. The van der Waals surface area contributed by atoms with Crippen LogP contribution in [0.25, 0.3) is 0 Å². The SMILES string of the molecule is CCN1C2C=CC=CC2C2CCCCC21. The fourth-order valence-electron chi connectivity index (χ4n) is 4.01. The van der Waals surface area contributed by atoms with Crippen molar-refractivity contribution in [1.29, 1.82) is 0 Å². The molecule has 3 rings (SSSR count). The Labute approximate surface area is 92.8 Å². The van der Waals surface area contributed by atoms with Crippen LogP contribution in [0.5, 0.6) is 0 Å². The minimum absolute atomic E-state index is 0.716. The molecule has 1 heterocycles. The molecule has 1 heteroatoms. The maximum atomic E-state index is 2.74. The largest absolute Gasteiger partial charge is 0.293 e. The Morgan fingerprint density at radius 1 is 1.13 bits per heavy atom. The Morgan fingerprint density at radius 3 is 2.80 bits per heavy atom. The Morgan fingerprint density at radius 2 is 1.93 bits per heavy atom. The molecule has 3 aliphatic rings. The smallest absolute Gasteiger partial charge is 0.0350 e. The molecule has 0 amide bonds. The molecule has 0 radical (unpaired) electrons. The van der Waals surface area contributed by atoms with Crippen molar-refractivity contribution in [2.75, 3.05) is 6.54 Å². The van der Waals surface area contributed by atoms with Crippen molar-refractivity contribution in [3.63, 3.8) is 0 Å². The lowest BCUT2D eigenvalue weighted by molar-refractivity contribution is 0.173.